The molecule has 0 saturated heterocycles. The van der Waals surface area contributed by atoms with Gasteiger partial charge in [-0.1, -0.05) is 6.92 Å². The van der Waals surface area contributed by atoms with Crippen molar-refractivity contribution in [2.45, 2.75) is 13.5 Å². The Morgan fingerprint density at radius 1 is 1.15 bits per heavy atom. The maximum Gasteiger partial charge on any atom is 0.145 e. The zero-order valence-electron chi connectivity index (χ0n) is 12.1. The molecule has 0 saturated carbocycles. The molecule has 0 radical (unpaired) electrons. The summed E-state index contributed by atoms with van der Waals surface area (Å²) in [6.07, 6.45) is 1.78. The quantitative estimate of drug-likeness (QED) is 0.878. The summed E-state index contributed by atoms with van der Waals surface area (Å²) in [6.45, 7) is 3.76. The van der Waals surface area contributed by atoms with Crippen LogP contribution in [-0.2, 0) is 6.54 Å². The lowest BCUT2D eigenvalue weighted by molar-refractivity contribution is 0.413. The number of benzene rings is 1. The molecule has 0 unspecified atom stereocenters. The van der Waals surface area contributed by atoms with Gasteiger partial charge in [-0.2, -0.15) is 0 Å². The highest BCUT2D eigenvalue weighted by Crippen LogP contribution is 2.32. The first-order valence-electron chi connectivity index (χ1n) is 6.67. The fourth-order valence-corrected chi connectivity index (χ4v) is 2.09. The maximum atomic E-state index is 5.40. The highest BCUT2D eigenvalue weighted by Gasteiger charge is 2.12. The Balaban J connectivity index is 2.48. The van der Waals surface area contributed by atoms with Crippen molar-refractivity contribution < 1.29 is 9.47 Å². The predicted octanol–water partition coefficient (Wildman–Crippen LogP) is 2.88. The van der Waals surface area contributed by atoms with Crippen LogP contribution in [0.5, 0.6) is 11.5 Å². The van der Waals surface area contributed by atoms with Crippen molar-refractivity contribution in [3.63, 3.8) is 0 Å². The molecule has 2 rings (SSSR count). The van der Waals surface area contributed by atoms with Crippen LogP contribution in [0.15, 0.2) is 36.5 Å². The molecule has 0 aliphatic rings. The number of nitrogens with zero attached hydrogens (tertiary/aromatic N) is 1. The number of aromatic nitrogens is 1. The van der Waals surface area contributed by atoms with Gasteiger partial charge in [-0.15, -0.1) is 0 Å². The van der Waals surface area contributed by atoms with Gasteiger partial charge in [0.2, 0.25) is 0 Å². The molecular formula is C16H20N2O2. The van der Waals surface area contributed by atoms with Crippen molar-refractivity contribution in [3.8, 4) is 22.8 Å². The Hall–Kier alpha value is -2.07. The van der Waals surface area contributed by atoms with E-state index in [1.54, 1.807) is 20.4 Å². The molecule has 1 heterocycles. The molecule has 0 aliphatic carbocycles. The molecule has 4 heteroatoms. The highest BCUT2D eigenvalue weighted by atomic mass is 16.5. The number of methoxy groups -OCH3 is 2. The summed E-state index contributed by atoms with van der Waals surface area (Å²) in [5.74, 6) is 1.62. The van der Waals surface area contributed by atoms with E-state index in [9.17, 15) is 0 Å². The summed E-state index contributed by atoms with van der Waals surface area (Å²) in [4.78, 5) is 4.45. The second-order valence-electron chi connectivity index (χ2n) is 4.36. The third-order valence-corrected chi connectivity index (χ3v) is 3.12. The van der Waals surface area contributed by atoms with Gasteiger partial charge < -0.3 is 14.8 Å². The molecule has 1 aromatic carbocycles. The van der Waals surface area contributed by atoms with Gasteiger partial charge in [0.05, 0.1) is 14.2 Å². The van der Waals surface area contributed by atoms with Crippen molar-refractivity contribution in [1.82, 2.24) is 10.3 Å². The first kappa shape index (κ1) is 14.3. The Labute approximate surface area is 119 Å². The summed E-state index contributed by atoms with van der Waals surface area (Å²) in [5.41, 5.74) is 3.05. The van der Waals surface area contributed by atoms with Gasteiger partial charge in [0, 0.05) is 18.3 Å². The van der Waals surface area contributed by atoms with Gasteiger partial charge in [0.1, 0.15) is 17.2 Å². The smallest absolute Gasteiger partial charge is 0.145 e. The molecule has 0 bridgehead atoms. The molecule has 0 atom stereocenters. The third-order valence-electron chi connectivity index (χ3n) is 3.12. The zero-order chi connectivity index (χ0) is 14.4. The highest BCUT2D eigenvalue weighted by molar-refractivity contribution is 5.70. The fraction of sp³-hybridized carbons (Fsp3) is 0.312. The second kappa shape index (κ2) is 6.91. The number of hydrogen-bond acceptors (Lipinski definition) is 4. The summed E-state index contributed by atoms with van der Waals surface area (Å²) >= 11 is 0. The van der Waals surface area contributed by atoms with Crippen LogP contribution in [0.1, 0.15) is 12.5 Å². The Morgan fingerprint density at radius 3 is 2.70 bits per heavy atom. The van der Waals surface area contributed by atoms with E-state index >= 15 is 0 Å². The van der Waals surface area contributed by atoms with E-state index in [0.717, 1.165) is 41.4 Å². The van der Waals surface area contributed by atoms with E-state index in [1.165, 1.54) is 0 Å². The molecule has 1 aromatic heterocycles. The van der Waals surface area contributed by atoms with Gasteiger partial charge in [-0.3, -0.25) is 4.98 Å². The van der Waals surface area contributed by atoms with Crippen LogP contribution >= 0.6 is 0 Å². The molecule has 0 spiro atoms. The molecule has 106 valence electrons. The molecule has 2 aromatic rings. The molecule has 0 aliphatic heterocycles. The van der Waals surface area contributed by atoms with Crippen LogP contribution in [-0.4, -0.2) is 25.7 Å². The third kappa shape index (κ3) is 3.08. The lowest BCUT2D eigenvalue weighted by Gasteiger charge is -2.13. The van der Waals surface area contributed by atoms with Crippen LogP contribution in [0, 0.1) is 0 Å². The van der Waals surface area contributed by atoms with Crippen LogP contribution in [0.2, 0.25) is 0 Å². The van der Waals surface area contributed by atoms with Gasteiger partial charge in [-0.05, 0) is 42.4 Å². The maximum absolute atomic E-state index is 5.40. The van der Waals surface area contributed by atoms with Gasteiger partial charge in [-0.25, -0.2) is 0 Å². The summed E-state index contributed by atoms with van der Waals surface area (Å²) in [7, 11) is 3.33. The summed E-state index contributed by atoms with van der Waals surface area (Å²) < 4.78 is 10.7. The first-order valence-corrected chi connectivity index (χ1v) is 6.67. The van der Waals surface area contributed by atoms with Gasteiger partial charge >= 0.3 is 0 Å². The molecule has 4 nitrogen and oxygen atoms in total. The predicted molar refractivity (Wildman–Crippen MR) is 80.2 cm³/mol. The zero-order valence-corrected chi connectivity index (χ0v) is 12.1. The van der Waals surface area contributed by atoms with Crippen molar-refractivity contribution in [2.75, 3.05) is 20.8 Å². The number of nitrogens with one attached hydrogen (secondary N) is 1. The van der Waals surface area contributed by atoms with Crippen molar-refractivity contribution in [3.05, 3.63) is 42.1 Å². The van der Waals surface area contributed by atoms with E-state index in [2.05, 4.69) is 17.2 Å². The lowest BCUT2D eigenvalue weighted by atomic mass is 10.0. The minimum Gasteiger partial charge on any atom is -0.497 e. The first-order chi connectivity index (χ1) is 9.80. The van der Waals surface area contributed by atoms with E-state index < -0.39 is 0 Å². The summed E-state index contributed by atoms with van der Waals surface area (Å²) in [6, 6.07) is 9.79. The van der Waals surface area contributed by atoms with E-state index in [0.29, 0.717) is 0 Å². The monoisotopic (exact) mass is 272 g/mol. The Kier molecular flexibility index (Phi) is 4.96. The van der Waals surface area contributed by atoms with Gasteiger partial charge in [0.15, 0.2) is 0 Å². The number of pyridine rings is 1. The van der Waals surface area contributed by atoms with E-state index in [1.807, 2.05) is 30.3 Å². The molecular weight excluding hydrogens is 252 g/mol. The minimum absolute atomic E-state index is 0.767. The second-order valence-corrected chi connectivity index (χ2v) is 4.36. The molecule has 0 amide bonds. The largest absolute Gasteiger partial charge is 0.497 e. The molecule has 20 heavy (non-hydrogen) atoms. The van der Waals surface area contributed by atoms with E-state index in [4.69, 9.17) is 9.47 Å². The average Bonchev–Trinajstić information content (AvgIpc) is 2.52. The SMILES string of the molecule is CCNCc1cc(OC)ccc1-c1ncccc1OC. The standard InChI is InChI=1S/C16H20N2O2/c1-4-17-11-12-10-13(19-2)7-8-14(12)16-15(20-3)6-5-9-18-16/h5-10,17H,4,11H2,1-3H3. The molecule has 1 N–H and O–H groups in total. The van der Waals surface area contributed by atoms with Crippen LogP contribution in [0.3, 0.4) is 0 Å². The number of ether oxygens (including phenoxy) is 2. The van der Waals surface area contributed by atoms with Crippen LogP contribution < -0.4 is 14.8 Å². The summed E-state index contributed by atoms with van der Waals surface area (Å²) in [5, 5.41) is 3.34. The fourth-order valence-electron chi connectivity index (χ4n) is 2.09. The minimum atomic E-state index is 0.767. The number of hydrogen-bond donors (Lipinski definition) is 1. The van der Waals surface area contributed by atoms with Crippen LogP contribution in [0.25, 0.3) is 11.3 Å². The van der Waals surface area contributed by atoms with Crippen LogP contribution in [0.4, 0.5) is 0 Å². The molecule has 0 fully saturated rings. The Morgan fingerprint density at radius 2 is 2.00 bits per heavy atom. The average molecular weight is 272 g/mol. The van der Waals surface area contributed by atoms with Gasteiger partial charge in [0.25, 0.3) is 0 Å². The topological polar surface area (TPSA) is 43.4 Å². The van der Waals surface area contributed by atoms with E-state index in [-0.39, 0.29) is 0 Å². The van der Waals surface area contributed by atoms with Crippen molar-refractivity contribution in [1.29, 1.82) is 0 Å². The van der Waals surface area contributed by atoms with Crippen molar-refractivity contribution in [2.24, 2.45) is 0 Å². The normalized spacial score (nSPS) is 10.3. The lowest BCUT2D eigenvalue weighted by Crippen LogP contribution is -2.13. The number of rotatable bonds is 6. The van der Waals surface area contributed by atoms with Crippen molar-refractivity contribution >= 4 is 0 Å². The Bertz CT molecular complexity index is 570.